The van der Waals surface area contributed by atoms with E-state index in [0.717, 1.165) is 17.8 Å². The molecule has 2 aromatic heterocycles. The summed E-state index contributed by atoms with van der Waals surface area (Å²) in [6.45, 7) is 0. The van der Waals surface area contributed by atoms with Crippen LogP contribution >= 0.6 is 11.3 Å². The maximum absolute atomic E-state index is 12.1. The van der Waals surface area contributed by atoms with Gasteiger partial charge in [0.15, 0.2) is 0 Å². The lowest BCUT2D eigenvalue weighted by atomic mass is 9.97. The van der Waals surface area contributed by atoms with Crippen LogP contribution in [0.2, 0.25) is 0 Å². The molecule has 1 saturated carbocycles. The molecule has 0 bridgehead atoms. The fourth-order valence-electron chi connectivity index (χ4n) is 2.55. The van der Waals surface area contributed by atoms with Crippen molar-refractivity contribution in [3.8, 4) is 0 Å². The van der Waals surface area contributed by atoms with Crippen molar-refractivity contribution in [2.24, 2.45) is 0 Å². The van der Waals surface area contributed by atoms with Gasteiger partial charge in [-0.25, -0.2) is 4.98 Å². The zero-order chi connectivity index (χ0) is 15.7. The van der Waals surface area contributed by atoms with Gasteiger partial charge in [-0.1, -0.05) is 41.7 Å². The average Bonchev–Trinajstić information content (AvgIpc) is 3.30. The maximum Gasteiger partial charge on any atom is 0.277 e. The van der Waals surface area contributed by atoms with Gasteiger partial charge in [0.1, 0.15) is 10.7 Å². The van der Waals surface area contributed by atoms with Crippen molar-refractivity contribution in [3.63, 3.8) is 0 Å². The monoisotopic (exact) mass is 323 g/mol. The molecule has 0 unspecified atom stereocenters. The van der Waals surface area contributed by atoms with Crippen molar-refractivity contribution in [2.75, 3.05) is 5.32 Å². The minimum absolute atomic E-state index is 0.0333. The molecule has 1 amide bonds. The number of hydrogen-bond acceptors (Lipinski definition) is 6. The van der Waals surface area contributed by atoms with E-state index in [1.807, 2.05) is 18.2 Å². The lowest BCUT2D eigenvalue weighted by Gasteiger charge is -2.10. The molecule has 23 heavy (non-hydrogen) atoms. The Morgan fingerprint density at radius 3 is 2.65 bits per heavy atom. The summed E-state index contributed by atoms with van der Waals surface area (Å²) in [4.78, 5) is 19.9. The summed E-state index contributed by atoms with van der Waals surface area (Å²) in [7, 11) is 0. The van der Waals surface area contributed by atoms with Crippen LogP contribution in [0.3, 0.4) is 0 Å². The van der Waals surface area contributed by atoms with Gasteiger partial charge in [0.2, 0.25) is 5.13 Å². The lowest BCUT2D eigenvalue weighted by molar-refractivity contribution is 0.102. The first kappa shape index (κ1) is 14.0. The molecule has 2 heterocycles. The van der Waals surface area contributed by atoms with E-state index < -0.39 is 0 Å². The van der Waals surface area contributed by atoms with Crippen LogP contribution in [0, 0.1) is 0 Å². The van der Waals surface area contributed by atoms with Gasteiger partial charge in [-0.05, 0) is 18.4 Å². The zero-order valence-corrected chi connectivity index (χ0v) is 13.0. The number of amides is 1. The summed E-state index contributed by atoms with van der Waals surface area (Å²) >= 11 is 1.42. The van der Waals surface area contributed by atoms with E-state index in [4.69, 9.17) is 0 Å². The van der Waals surface area contributed by atoms with Gasteiger partial charge in [-0.3, -0.25) is 15.1 Å². The number of anilines is 1. The molecule has 1 aliphatic rings. The van der Waals surface area contributed by atoms with Gasteiger partial charge in [-0.15, -0.1) is 10.2 Å². The average molecular weight is 323 g/mol. The molecule has 4 rings (SSSR count). The fourth-order valence-corrected chi connectivity index (χ4v) is 3.56. The van der Waals surface area contributed by atoms with Crippen molar-refractivity contribution in [2.45, 2.75) is 18.3 Å². The summed E-state index contributed by atoms with van der Waals surface area (Å²) in [6, 6.07) is 10.3. The summed E-state index contributed by atoms with van der Waals surface area (Å²) in [5.41, 5.74) is 1.48. The zero-order valence-electron chi connectivity index (χ0n) is 12.1. The Balaban J connectivity index is 1.55. The van der Waals surface area contributed by atoms with Crippen molar-refractivity contribution in [1.29, 1.82) is 0 Å². The molecule has 0 radical (unpaired) electrons. The Bertz CT molecular complexity index is 830. The molecule has 0 atom stereocenters. The van der Waals surface area contributed by atoms with Gasteiger partial charge < -0.3 is 0 Å². The first-order valence-electron chi connectivity index (χ1n) is 7.25. The number of rotatable bonds is 4. The molecule has 1 N–H and O–H groups in total. The van der Waals surface area contributed by atoms with Crippen LogP contribution in [0.25, 0.3) is 0 Å². The van der Waals surface area contributed by atoms with E-state index in [1.165, 1.54) is 35.5 Å². The largest absolute Gasteiger partial charge is 0.295 e. The highest BCUT2D eigenvalue weighted by molar-refractivity contribution is 7.15. The molecule has 7 heteroatoms. The van der Waals surface area contributed by atoms with Gasteiger partial charge in [-0.2, -0.15) is 0 Å². The third-order valence-corrected chi connectivity index (χ3v) is 4.97. The maximum atomic E-state index is 12.1. The molecule has 0 aliphatic heterocycles. The highest BCUT2D eigenvalue weighted by atomic mass is 32.1. The molecule has 0 spiro atoms. The SMILES string of the molecule is O=C(Nc1nnc(C2(c3ccccc3)CC2)s1)c1cnccn1. The normalized spacial score (nSPS) is 15.1. The van der Waals surface area contributed by atoms with E-state index in [1.54, 1.807) is 0 Å². The number of benzene rings is 1. The molecular formula is C16H13N5OS. The number of aromatic nitrogens is 4. The van der Waals surface area contributed by atoms with Gasteiger partial charge >= 0.3 is 0 Å². The second-order valence-corrected chi connectivity index (χ2v) is 6.38. The van der Waals surface area contributed by atoms with E-state index >= 15 is 0 Å². The standard InChI is InChI=1S/C16H13N5OS/c22-13(12-10-17-8-9-18-12)19-15-21-20-14(23-15)16(6-7-16)11-4-2-1-3-5-11/h1-5,8-10H,6-7H2,(H,19,21,22). The third-order valence-electron chi connectivity index (χ3n) is 3.93. The van der Waals surface area contributed by atoms with Crippen LogP contribution in [0.4, 0.5) is 5.13 Å². The molecular weight excluding hydrogens is 310 g/mol. The highest BCUT2D eigenvalue weighted by Crippen LogP contribution is 2.54. The van der Waals surface area contributed by atoms with E-state index in [0.29, 0.717) is 5.13 Å². The smallest absolute Gasteiger partial charge is 0.277 e. The van der Waals surface area contributed by atoms with Crippen LogP contribution in [-0.4, -0.2) is 26.1 Å². The highest BCUT2D eigenvalue weighted by Gasteiger charge is 2.48. The van der Waals surface area contributed by atoms with Crippen LogP contribution < -0.4 is 5.32 Å². The second kappa shape index (κ2) is 5.51. The summed E-state index contributed by atoms with van der Waals surface area (Å²) in [5.74, 6) is -0.328. The van der Waals surface area contributed by atoms with E-state index in [-0.39, 0.29) is 17.0 Å². The number of nitrogens with zero attached hydrogens (tertiary/aromatic N) is 4. The summed E-state index contributed by atoms with van der Waals surface area (Å²) in [6.07, 6.45) is 6.54. The minimum atomic E-state index is -0.328. The number of carbonyl (C=O) groups is 1. The van der Waals surface area contributed by atoms with Gasteiger partial charge in [0.05, 0.1) is 6.20 Å². The lowest BCUT2D eigenvalue weighted by Crippen LogP contribution is -2.13. The molecule has 1 fully saturated rings. The Hall–Kier alpha value is -2.67. The van der Waals surface area contributed by atoms with Crippen molar-refractivity contribution < 1.29 is 4.79 Å². The van der Waals surface area contributed by atoms with Crippen LogP contribution in [-0.2, 0) is 5.41 Å². The number of carbonyl (C=O) groups excluding carboxylic acids is 1. The van der Waals surface area contributed by atoms with Crippen LogP contribution in [0.1, 0.15) is 33.9 Å². The molecule has 1 aromatic carbocycles. The van der Waals surface area contributed by atoms with Crippen molar-refractivity contribution >= 4 is 22.4 Å². The molecule has 3 aromatic rings. The van der Waals surface area contributed by atoms with Crippen LogP contribution in [0.5, 0.6) is 0 Å². The Kier molecular flexibility index (Phi) is 3.34. The predicted molar refractivity (Wildman–Crippen MR) is 86.4 cm³/mol. The van der Waals surface area contributed by atoms with Crippen LogP contribution in [0.15, 0.2) is 48.9 Å². The molecule has 1 aliphatic carbocycles. The summed E-state index contributed by atoms with van der Waals surface area (Å²) in [5, 5.41) is 12.6. The Labute approximate surface area is 136 Å². The second-order valence-electron chi connectivity index (χ2n) is 5.41. The van der Waals surface area contributed by atoms with Gasteiger partial charge in [0, 0.05) is 17.8 Å². The van der Waals surface area contributed by atoms with Gasteiger partial charge in [0.25, 0.3) is 5.91 Å². The van der Waals surface area contributed by atoms with E-state index in [9.17, 15) is 4.79 Å². The molecule has 114 valence electrons. The van der Waals surface area contributed by atoms with Crippen molar-refractivity contribution in [1.82, 2.24) is 20.2 Å². The fraction of sp³-hybridized carbons (Fsp3) is 0.188. The summed E-state index contributed by atoms with van der Waals surface area (Å²) < 4.78 is 0. The quantitative estimate of drug-likeness (QED) is 0.798. The predicted octanol–water partition coefficient (Wildman–Crippen LogP) is 2.66. The number of hydrogen-bond donors (Lipinski definition) is 1. The molecule has 0 saturated heterocycles. The first-order chi connectivity index (χ1) is 11.3. The molecule has 6 nitrogen and oxygen atoms in total. The topological polar surface area (TPSA) is 80.7 Å². The third kappa shape index (κ3) is 2.59. The van der Waals surface area contributed by atoms with Crippen molar-refractivity contribution in [3.05, 3.63) is 65.2 Å². The minimum Gasteiger partial charge on any atom is -0.295 e. The Morgan fingerprint density at radius 1 is 1.13 bits per heavy atom. The first-order valence-corrected chi connectivity index (χ1v) is 8.06. The van der Waals surface area contributed by atoms with E-state index in [2.05, 4.69) is 37.6 Å². The Morgan fingerprint density at radius 2 is 1.96 bits per heavy atom. The number of nitrogens with one attached hydrogen (secondary N) is 1.